The van der Waals surface area contributed by atoms with Crippen LogP contribution in [0.3, 0.4) is 0 Å². The molecule has 1 aromatic heterocycles. The number of carbonyl (C=O) groups excluding carboxylic acids is 1. The number of allylic oxidation sites excluding steroid dienone is 1. The lowest BCUT2D eigenvalue weighted by molar-refractivity contribution is 0.0321. The molecule has 1 rings (SSSR count). The summed E-state index contributed by atoms with van der Waals surface area (Å²) in [4.78, 5) is 21.3. The lowest BCUT2D eigenvalue weighted by Gasteiger charge is -2.25. The number of likely N-dealkylation sites (N-methyl/N-ethyl adjacent to an activating group) is 1. The van der Waals surface area contributed by atoms with Gasteiger partial charge in [0.1, 0.15) is 5.60 Å². The van der Waals surface area contributed by atoms with Gasteiger partial charge in [0.05, 0.1) is 23.5 Å². The molecule has 116 valence electrons. The first-order chi connectivity index (χ1) is 9.64. The van der Waals surface area contributed by atoms with E-state index in [2.05, 4.69) is 9.97 Å². The van der Waals surface area contributed by atoms with Crippen molar-refractivity contribution in [3.63, 3.8) is 0 Å². The van der Waals surface area contributed by atoms with E-state index in [-0.39, 0.29) is 5.28 Å². The molecule has 0 bridgehead atoms. The highest BCUT2D eigenvalue weighted by Crippen LogP contribution is 2.23. The molecule has 0 saturated carbocycles. The van der Waals surface area contributed by atoms with Crippen molar-refractivity contribution < 1.29 is 9.53 Å². The summed E-state index contributed by atoms with van der Waals surface area (Å²) in [5.41, 5.74) is 0.726. The fourth-order valence-electron chi connectivity index (χ4n) is 1.53. The Morgan fingerprint density at radius 2 is 2.05 bits per heavy atom. The predicted octanol–water partition coefficient (Wildman–Crippen LogP) is 4.05. The topological polar surface area (TPSA) is 55.3 Å². The standard InChI is InChI=1S/C14H19Cl2N3O2/c1-6-9(11-10(15)7-17-12(16)18-11)8-19(5)13(20)21-14(2,3)4/h6-7H,8H2,1-5H3/b9-6+. The Balaban J connectivity index is 2.88. The van der Waals surface area contributed by atoms with Crippen molar-refractivity contribution in [2.75, 3.05) is 13.6 Å². The highest BCUT2D eigenvalue weighted by atomic mass is 35.5. The molecule has 0 aliphatic carbocycles. The van der Waals surface area contributed by atoms with Crippen LogP contribution in [0.15, 0.2) is 12.3 Å². The molecule has 0 atom stereocenters. The van der Waals surface area contributed by atoms with Gasteiger partial charge in [-0.05, 0) is 44.9 Å². The number of amides is 1. The first-order valence-electron chi connectivity index (χ1n) is 6.41. The average Bonchev–Trinajstić information content (AvgIpc) is 2.36. The number of halogens is 2. The molecule has 0 N–H and O–H groups in total. The fourth-order valence-corrected chi connectivity index (χ4v) is 1.88. The van der Waals surface area contributed by atoms with Gasteiger partial charge in [0.25, 0.3) is 0 Å². The molecule has 1 aromatic rings. The summed E-state index contributed by atoms with van der Waals surface area (Å²) in [7, 11) is 1.65. The third kappa shape index (κ3) is 5.52. The number of aromatic nitrogens is 2. The first-order valence-corrected chi connectivity index (χ1v) is 7.17. The summed E-state index contributed by atoms with van der Waals surface area (Å²) >= 11 is 11.9. The quantitative estimate of drug-likeness (QED) is 0.784. The van der Waals surface area contributed by atoms with Crippen molar-refractivity contribution in [2.24, 2.45) is 0 Å². The molecule has 0 radical (unpaired) electrons. The zero-order valence-electron chi connectivity index (χ0n) is 12.8. The maximum absolute atomic E-state index is 12.0. The molecule has 21 heavy (non-hydrogen) atoms. The van der Waals surface area contributed by atoms with Crippen LogP contribution < -0.4 is 0 Å². The van der Waals surface area contributed by atoms with Crippen LogP contribution in [0.4, 0.5) is 4.79 Å². The molecule has 0 aliphatic heterocycles. The summed E-state index contributed by atoms with van der Waals surface area (Å²) in [6, 6.07) is 0. The van der Waals surface area contributed by atoms with Crippen LogP contribution in [0.2, 0.25) is 10.3 Å². The van der Waals surface area contributed by atoms with Crippen molar-refractivity contribution >= 4 is 34.9 Å². The van der Waals surface area contributed by atoms with E-state index in [0.717, 1.165) is 5.57 Å². The Bertz CT molecular complexity index is 554. The van der Waals surface area contributed by atoms with Gasteiger partial charge in [-0.2, -0.15) is 0 Å². The summed E-state index contributed by atoms with van der Waals surface area (Å²) in [6.45, 7) is 7.59. The Morgan fingerprint density at radius 3 is 2.57 bits per heavy atom. The highest BCUT2D eigenvalue weighted by Gasteiger charge is 2.21. The molecule has 1 amide bonds. The largest absolute Gasteiger partial charge is 0.444 e. The molecule has 0 aromatic carbocycles. The van der Waals surface area contributed by atoms with Gasteiger partial charge in [0, 0.05) is 7.05 Å². The minimum atomic E-state index is -0.544. The SMILES string of the molecule is C/C=C(\CN(C)C(=O)OC(C)(C)C)c1nc(Cl)ncc1Cl. The normalized spacial score (nSPS) is 12.2. The van der Waals surface area contributed by atoms with Crippen LogP contribution in [0.5, 0.6) is 0 Å². The monoisotopic (exact) mass is 331 g/mol. The van der Waals surface area contributed by atoms with Crippen molar-refractivity contribution in [1.29, 1.82) is 0 Å². The highest BCUT2D eigenvalue weighted by molar-refractivity contribution is 6.32. The van der Waals surface area contributed by atoms with E-state index < -0.39 is 11.7 Å². The van der Waals surface area contributed by atoms with Gasteiger partial charge >= 0.3 is 6.09 Å². The summed E-state index contributed by atoms with van der Waals surface area (Å²) in [5, 5.41) is 0.485. The number of hydrogen-bond donors (Lipinski definition) is 0. The molecule has 5 nitrogen and oxygen atoms in total. The number of rotatable bonds is 3. The van der Waals surface area contributed by atoms with Gasteiger partial charge in [-0.3, -0.25) is 0 Å². The Labute approximate surface area is 134 Å². The summed E-state index contributed by atoms with van der Waals surface area (Å²) in [5.74, 6) is 0. The number of hydrogen-bond acceptors (Lipinski definition) is 4. The predicted molar refractivity (Wildman–Crippen MR) is 84.6 cm³/mol. The number of ether oxygens (including phenoxy) is 1. The lowest BCUT2D eigenvalue weighted by atomic mass is 10.1. The van der Waals surface area contributed by atoms with Crippen LogP contribution in [0, 0.1) is 0 Å². The van der Waals surface area contributed by atoms with Gasteiger partial charge in [-0.25, -0.2) is 14.8 Å². The van der Waals surface area contributed by atoms with Gasteiger partial charge < -0.3 is 9.64 Å². The number of nitrogens with zero attached hydrogens (tertiary/aromatic N) is 3. The van der Waals surface area contributed by atoms with Crippen molar-refractivity contribution in [3.8, 4) is 0 Å². The van der Waals surface area contributed by atoms with E-state index in [1.165, 1.54) is 11.1 Å². The van der Waals surface area contributed by atoms with Crippen LogP contribution >= 0.6 is 23.2 Å². The molecular formula is C14H19Cl2N3O2. The van der Waals surface area contributed by atoms with Crippen molar-refractivity contribution in [2.45, 2.75) is 33.3 Å². The smallest absolute Gasteiger partial charge is 0.410 e. The first kappa shape index (κ1) is 17.7. The molecule has 0 saturated heterocycles. The molecule has 0 aliphatic rings. The molecule has 0 unspecified atom stereocenters. The van der Waals surface area contributed by atoms with Crippen LogP contribution in [-0.4, -0.2) is 40.2 Å². The maximum Gasteiger partial charge on any atom is 0.410 e. The second-order valence-corrected chi connectivity index (χ2v) is 6.23. The minimum absolute atomic E-state index is 0.105. The third-order valence-electron chi connectivity index (χ3n) is 2.48. The van der Waals surface area contributed by atoms with Crippen molar-refractivity contribution in [1.82, 2.24) is 14.9 Å². The molecule has 0 fully saturated rings. The minimum Gasteiger partial charge on any atom is -0.444 e. The van der Waals surface area contributed by atoms with E-state index in [4.69, 9.17) is 27.9 Å². The second-order valence-electron chi connectivity index (χ2n) is 5.49. The van der Waals surface area contributed by atoms with E-state index in [9.17, 15) is 4.79 Å². The summed E-state index contributed by atoms with van der Waals surface area (Å²) < 4.78 is 5.30. The fraction of sp³-hybridized carbons (Fsp3) is 0.500. The molecule has 7 heteroatoms. The second kappa shape index (κ2) is 7.09. The molecular weight excluding hydrogens is 313 g/mol. The van der Waals surface area contributed by atoms with Crippen LogP contribution in [0.25, 0.3) is 5.57 Å². The van der Waals surface area contributed by atoms with Gasteiger partial charge in [-0.1, -0.05) is 17.7 Å². The molecule has 0 spiro atoms. The van der Waals surface area contributed by atoms with Gasteiger partial charge in [-0.15, -0.1) is 0 Å². The van der Waals surface area contributed by atoms with Crippen molar-refractivity contribution in [3.05, 3.63) is 28.3 Å². The zero-order valence-corrected chi connectivity index (χ0v) is 14.3. The maximum atomic E-state index is 12.0. The van der Waals surface area contributed by atoms with Gasteiger partial charge in [0.2, 0.25) is 5.28 Å². The lowest BCUT2D eigenvalue weighted by Crippen LogP contribution is -2.35. The van der Waals surface area contributed by atoms with Crippen LogP contribution in [-0.2, 0) is 4.74 Å². The van der Waals surface area contributed by atoms with Gasteiger partial charge in [0.15, 0.2) is 0 Å². The zero-order chi connectivity index (χ0) is 16.2. The Hall–Kier alpha value is -1.33. The van der Waals surface area contributed by atoms with E-state index in [1.807, 2.05) is 33.8 Å². The molecule has 1 heterocycles. The Kier molecular flexibility index (Phi) is 5.98. The van der Waals surface area contributed by atoms with E-state index >= 15 is 0 Å². The number of carbonyl (C=O) groups is 1. The average molecular weight is 332 g/mol. The van der Waals surface area contributed by atoms with Crippen LogP contribution in [0.1, 0.15) is 33.4 Å². The van der Waals surface area contributed by atoms with E-state index in [1.54, 1.807) is 7.05 Å². The third-order valence-corrected chi connectivity index (χ3v) is 2.94. The van der Waals surface area contributed by atoms with E-state index in [0.29, 0.717) is 17.3 Å². The Morgan fingerprint density at radius 1 is 1.43 bits per heavy atom. The summed E-state index contributed by atoms with van der Waals surface area (Å²) in [6.07, 6.45) is 2.84.